The molecule has 7 saturated carbocycles. The number of rotatable bonds is 1. The second kappa shape index (κ2) is 7.18. The zero-order valence-electron chi connectivity index (χ0n) is 16.4. The molecule has 8 bridgehead atoms. The molecule has 0 spiro atoms. The molecule has 27 heavy (non-hydrogen) atoms. The zero-order valence-corrected chi connectivity index (χ0v) is 16.4. The molecule has 9 unspecified atom stereocenters. The van der Waals surface area contributed by atoms with E-state index in [0.29, 0.717) is 11.8 Å². The van der Waals surface area contributed by atoms with Gasteiger partial charge in [-0.3, -0.25) is 4.79 Å². The summed E-state index contributed by atoms with van der Waals surface area (Å²) in [6.07, 6.45) is 13.7. The number of hydrogen-bond acceptors (Lipinski definition) is 3. The fourth-order valence-corrected chi connectivity index (χ4v) is 8.05. The summed E-state index contributed by atoms with van der Waals surface area (Å²) < 4.78 is 0. The molecule has 150 valence electrons. The summed E-state index contributed by atoms with van der Waals surface area (Å²) in [5.41, 5.74) is 1.60. The highest BCUT2D eigenvalue weighted by Gasteiger charge is 2.58. The smallest absolute Gasteiger partial charge is 0.307 e. The summed E-state index contributed by atoms with van der Waals surface area (Å²) in [4.78, 5) is 11.9. The van der Waals surface area contributed by atoms with Gasteiger partial charge in [0.1, 0.15) is 0 Å². The third-order valence-electron chi connectivity index (χ3n) is 9.05. The van der Waals surface area contributed by atoms with E-state index < -0.39 is 5.97 Å². The number of carboxylic acid groups (broad SMARTS) is 1. The van der Waals surface area contributed by atoms with E-state index >= 15 is 0 Å². The van der Waals surface area contributed by atoms with Crippen molar-refractivity contribution in [3.8, 4) is 0 Å². The lowest BCUT2D eigenvalue weighted by Gasteiger charge is -2.51. The van der Waals surface area contributed by atoms with E-state index in [9.17, 15) is 9.90 Å². The molecule has 8 fully saturated rings. The molecule has 8 aliphatic carbocycles. The van der Waals surface area contributed by atoms with E-state index in [1.807, 2.05) is 0 Å². The van der Waals surface area contributed by atoms with Gasteiger partial charge in [-0.25, -0.2) is 0 Å². The van der Waals surface area contributed by atoms with Crippen LogP contribution in [0, 0.1) is 47.3 Å². The average molecular weight is 374 g/mol. The Morgan fingerprint density at radius 2 is 1.85 bits per heavy atom. The SMILES string of the molecule is O=C(O)C1CC2C3CCC4CC3CCC2C2CC=C4C12.OC1CCCNC1. The molecule has 4 heteroatoms. The molecule has 9 atom stereocenters. The number of aliphatic hydroxyl groups is 1. The molecule has 9 aliphatic rings. The Morgan fingerprint density at radius 1 is 1.00 bits per heavy atom. The zero-order chi connectivity index (χ0) is 18.5. The number of carboxylic acids is 1. The number of piperidine rings is 1. The number of carbonyl (C=O) groups is 1. The summed E-state index contributed by atoms with van der Waals surface area (Å²) in [7, 11) is 0. The van der Waals surface area contributed by atoms with Crippen LogP contribution in [-0.4, -0.2) is 35.4 Å². The average Bonchev–Trinajstić information content (AvgIpc) is 3.17. The van der Waals surface area contributed by atoms with Crippen molar-refractivity contribution in [1.29, 1.82) is 0 Å². The van der Waals surface area contributed by atoms with Crippen LogP contribution in [0.15, 0.2) is 11.6 Å². The summed E-state index contributed by atoms with van der Waals surface area (Å²) in [5, 5.41) is 21.7. The molecule has 9 rings (SSSR count). The van der Waals surface area contributed by atoms with Crippen molar-refractivity contribution < 1.29 is 15.0 Å². The lowest BCUT2D eigenvalue weighted by molar-refractivity contribution is -0.149. The molecule has 0 aromatic heterocycles. The number of allylic oxidation sites excluding steroid dienone is 2. The van der Waals surface area contributed by atoms with Gasteiger partial charge in [0, 0.05) is 6.54 Å². The van der Waals surface area contributed by atoms with Gasteiger partial charge < -0.3 is 15.5 Å². The second-order valence-electron chi connectivity index (χ2n) is 10.1. The fraction of sp³-hybridized carbons (Fsp3) is 0.870. The van der Waals surface area contributed by atoms with Crippen molar-refractivity contribution in [3.63, 3.8) is 0 Å². The first kappa shape index (κ1) is 18.2. The number of aliphatic carboxylic acids is 1. The molecule has 0 aromatic rings. The van der Waals surface area contributed by atoms with Gasteiger partial charge in [-0.2, -0.15) is 0 Å². The van der Waals surface area contributed by atoms with E-state index in [2.05, 4.69) is 11.4 Å². The molecule has 0 amide bonds. The highest BCUT2D eigenvalue weighted by molar-refractivity contribution is 5.71. The Hall–Kier alpha value is -0.870. The minimum atomic E-state index is -0.505. The summed E-state index contributed by atoms with van der Waals surface area (Å²) in [6.45, 7) is 1.87. The minimum absolute atomic E-state index is 0.0602. The minimum Gasteiger partial charge on any atom is -0.481 e. The van der Waals surface area contributed by atoms with Crippen molar-refractivity contribution in [3.05, 3.63) is 11.6 Å². The molecule has 3 N–H and O–H groups in total. The predicted molar refractivity (Wildman–Crippen MR) is 104 cm³/mol. The van der Waals surface area contributed by atoms with Crippen LogP contribution in [-0.2, 0) is 4.79 Å². The molecule has 4 nitrogen and oxygen atoms in total. The first-order valence-electron chi connectivity index (χ1n) is 11.4. The molecule has 1 aliphatic heterocycles. The summed E-state index contributed by atoms with van der Waals surface area (Å²) in [5.74, 6) is 4.65. The van der Waals surface area contributed by atoms with Gasteiger partial charge in [-0.05, 0) is 106 Å². The van der Waals surface area contributed by atoms with Crippen LogP contribution >= 0.6 is 0 Å². The van der Waals surface area contributed by atoms with Crippen LogP contribution < -0.4 is 5.32 Å². The first-order chi connectivity index (χ1) is 13.1. The first-order valence-corrected chi connectivity index (χ1v) is 11.4. The van der Waals surface area contributed by atoms with Crippen molar-refractivity contribution in [1.82, 2.24) is 5.32 Å². The number of nitrogens with one attached hydrogen (secondary N) is 1. The van der Waals surface area contributed by atoms with Crippen LogP contribution in [0.1, 0.15) is 57.8 Å². The van der Waals surface area contributed by atoms with Gasteiger partial charge in [-0.15, -0.1) is 0 Å². The van der Waals surface area contributed by atoms with Gasteiger partial charge >= 0.3 is 5.97 Å². The lowest BCUT2D eigenvalue weighted by Crippen LogP contribution is -2.47. The van der Waals surface area contributed by atoms with Crippen LogP contribution in [0.25, 0.3) is 0 Å². The fourth-order valence-electron chi connectivity index (χ4n) is 8.05. The molecule has 1 saturated heterocycles. The number of fused-ring (bicyclic) bond motifs is 1. The number of aliphatic hydroxyl groups excluding tert-OH is 1. The molecule has 0 aromatic carbocycles. The van der Waals surface area contributed by atoms with Crippen LogP contribution in [0.5, 0.6) is 0 Å². The maximum absolute atomic E-state index is 11.9. The summed E-state index contributed by atoms with van der Waals surface area (Å²) >= 11 is 0. The topological polar surface area (TPSA) is 69.6 Å². The number of hydrogen-bond donors (Lipinski definition) is 3. The Morgan fingerprint density at radius 3 is 2.56 bits per heavy atom. The molecule has 0 radical (unpaired) electrons. The Labute approximate surface area is 162 Å². The van der Waals surface area contributed by atoms with E-state index in [0.717, 1.165) is 61.9 Å². The van der Waals surface area contributed by atoms with Crippen LogP contribution in [0.3, 0.4) is 0 Å². The standard InChI is InChI=1S/C18H24O2.C5H11NO/c19-18(20)16-8-15-11-3-1-10-7-9(11)2-4-13(15)14-6-5-12(10)17(14)16;7-5-2-1-3-6-4-5/h5,9-11,13-17H,1-4,6-8H2,(H,19,20);5-7H,1-4H2. The molecular formula is C23H35NO3. The highest BCUT2D eigenvalue weighted by Crippen LogP contribution is 2.64. The number of β-amino-alcohol motifs (C(OH)–C–C–N with tert-alkyl or cyclic N) is 1. The van der Waals surface area contributed by atoms with Crippen molar-refractivity contribution in [2.45, 2.75) is 63.9 Å². The lowest BCUT2D eigenvalue weighted by atomic mass is 9.53. The Bertz CT molecular complexity index is 611. The summed E-state index contributed by atoms with van der Waals surface area (Å²) in [6, 6.07) is 0. The Kier molecular flexibility index (Phi) is 4.84. The van der Waals surface area contributed by atoms with E-state index in [-0.39, 0.29) is 12.0 Å². The third-order valence-corrected chi connectivity index (χ3v) is 9.05. The maximum Gasteiger partial charge on any atom is 0.307 e. The van der Waals surface area contributed by atoms with E-state index in [1.165, 1.54) is 38.5 Å². The largest absolute Gasteiger partial charge is 0.481 e. The quantitative estimate of drug-likeness (QED) is 0.616. The third kappa shape index (κ3) is 3.07. The molecule has 1 heterocycles. The second-order valence-corrected chi connectivity index (χ2v) is 10.1. The van der Waals surface area contributed by atoms with E-state index in [4.69, 9.17) is 5.11 Å². The van der Waals surface area contributed by atoms with Crippen LogP contribution in [0.2, 0.25) is 0 Å². The normalized spacial score (nSPS) is 49.5. The maximum atomic E-state index is 11.9. The van der Waals surface area contributed by atoms with Gasteiger partial charge in [0.2, 0.25) is 0 Å². The highest BCUT2D eigenvalue weighted by atomic mass is 16.4. The van der Waals surface area contributed by atoms with Crippen molar-refractivity contribution in [2.24, 2.45) is 47.3 Å². The monoisotopic (exact) mass is 373 g/mol. The Balaban J connectivity index is 0.000000195. The van der Waals surface area contributed by atoms with Gasteiger partial charge in [-0.1, -0.05) is 11.6 Å². The van der Waals surface area contributed by atoms with E-state index in [1.54, 1.807) is 5.57 Å². The van der Waals surface area contributed by atoms with Gasteiger partial charge in [0.15, 0.2) is 0 Å². The molecular weight excluding hydrogens is 338 g/mol. The van der Waals surface area contributed by atoms with Crippen LogP contribution in [0.4, 0.5) is 0 Å². The van der Waals surface area contributed by atoms with Gasteiger partial charge in [0.25, 0.3) is 0 Å². The van der Waals surface area contributed by atoms with Gasteiger partial charge in [0.05, 0.1) is 12.0 Å². The van der Waals surface area contributed by atoms with Crippen molar-refractivity contribution >= 4 is 5.97 Å². The predicted octanol–water partition coefficient (Wildman–Crippen LogP) is 3.46. The van der Waals surface area contributed by atoms with Crippen molar-refractivity contribution in [2.75, 3.05) is 13.1 Å².